The van der Waals surface area contributed by atoms with Gasteiger partial charge in [-0.1, -0.05) is 30.3 Å². The van der Waals surface area contributed by atoms with Crippen molar-refractivity contribution in [1.82, 2.24) is 10.3 Å². The number of pyridine rings is 1. The second kappa shape index (κ2) is 3.48. The van der Waals surface area contributed by atoms with Crippen molar-refractivity contribution < 1.29 is 0 Å². The van der Waals surface area contributed by atoms with Gasteiger partial charge in [0.2, 0.25) is 0 Å². The Hall–Kier alpha value is -1.67. The van der Waals surface area contributed by atoms with E-state index in [9.17, 15) is 0 Å². The average Bonchev–Trinajstić information content (AvgIpc) is 2.74. The average molecular weight is 196 g/mol. The maximum absolute atomic E-state index is 4.14. The summed E-state index contributed by atoms with van der Waals surface area (Å²) in [5, 5.41) is 3.50. The molecule has 15 heavy (non-hydrogen) atoms. The lowest BCUT2D eigenvalue weighted by molar-refractivity contribution is 0.667. The van der Waals surface area contributed by atoms with Crippen molar-refractivity contribution in [3.05, 3.63) is 65.5 Å². The maximum Gasteiger partial charge on any atom is 0.0583 e. The molecule has 0 radical (unpaired) electrons. The van der Waals surface area contributed by atoms with Gasteiger partial charge in [0.1, 0.15) is 0 Å². The highest BCUT2D eigenvalue weighted by Crippen LogP contribution is 2.29. The van der Waals surface area contributed by atoms with Crippen LogP contribution in [0, 0.1) is 0 Å². The van der Waals surface area contributed by atoms with E-state index in [0.29, 0.717) is 6.04 Å². The van der Waals surface area contributed by atoms with Crippen LogP contribution in [-0.4, -0.2) is 4.98 Å². The molecule has 74 valence electrons. The van der Waals surface area contributed by atoms with Crippen LogP contribution in [0.25, 0.3) is 0 Å². The summed E-state index contributed by atoms with van der Waals surface area (Å²) in [4.78, 5) is 4.14. The quantitative estimate of drug-likeness (QED) is 0.756. The Bertz CT molecular complexity index is 465. The molecule has 1 aromatic heterocycles. The summed E-state index contributed by atoms with van der Waals surface area (Å²) in [6, 6.07) is 13.0. The monoisotopic (exact) mass is 196 g/mol. The Morgan fingerprint density at radius 1 is 1.13 bits per heavy atom. The summed E-state index contributed by atoms with van der Waals surface area (Å²) in [5.41, 5.74) is 3.99. The molecule has 1 atom stereocenters. The van der Waals surface area contributed by atoms with Crippen LogP contribution >= 0.6 is 0 Å². The summed E-state index contributed by atoms with van der Waals surface area (Å²) in [5.74, 6) is 0. The first-order valence-corrected chi connectivity index (χ1v) is 5.16. The SMILES string of the molecule is c1ccc(C2NCc3cnccc32)cc1. The minimum Gasteiger partial charge on any atom is -0.302 e. The van der Waals surface area contributed by atoms with Crippen LogP contribution in [0.3, 0.4) is 0 Å². The molecule has 1 unspecified atom stereocenters. The van der Waals surface area contributed by atoms with Gasteiger partial charge in [0.05, 0.1) is 6.04 Å². The van der Waals surface area contributed by atoms with Gasteiger partial charge in [0, 0.05) is 18.9 Å². The van der Waals surface area contributed by atoms with E-state index in [1.54, 1.807) is 0 Å². The van der Waals surface area contributed by atoms with E-state index in [-0.39, 0.29) is 0 Å². The predicted molar refractivity (Wildman–Crippen MR) is 59.4 cm³/mol. The molecule has 2 aromatic rings. The maximum atomic E-state index is 4.14. The molecule has 0 saturated carbocycles. The van der Waals surface area contributed by atoms with Crippen molar-refractivity contribution in [2.45, 2.75) is 12.6 Å². The zero-order valence-electron chi connectivity index (χ0n) is 8.35. The molecular weight excluding hydrogens is 184 g/mol. The number of benzene rings is 1. The minimum atomic E-state index is 0.337. The van der Waals surface area contributed by atoms with Gasteiger partial charge in [0.25, 0.3) is 0 Å². The summed E-state index contributed by atoms with van der Waals surface area (Å²) in [6.07, 6.45) is 3.81. The highest BCUT2D eigenvalue weighted by atomic mass is 14.9. The number of hydrogen-bond donors (Lipinski definition) is 1. The number of nitrogens with zero attached hydrogens (tertiary/aromatic N) is 1. The lowest BCUT2D eigenvalue weighted by atomic mass is 10.0. The van der Waals surface area contributed by atoms with Gasteiger partial charge in [-0.05, 0) is 22.8 Å². The molecule has 2 nitrogen and oxygen atoms in total. The second-order valence-corrected chi connectivity index (χ2v) is 3.80. The highest BCUT2D eigenvalue weighted by molar-refractivity contribution is 5.39. The molecule has 0 amide bonds. The summed E-state index contributed by atoms with van der Waals surface area (Å²) in [6.45, 7) is 0.919. The molecule has 0 aliphatic carbocycles. The summed E-state index contributed by atoms with van der Waals surface area (Å²) >= 11 is 0. The van der Waals surface area contributed by atoms with E-state index in [4.69, 9.17) is 0 Å². The molecule has 0 saturated heterocycles. The molecule has 1 aliphatic rings. The van der Waals surface area contributed by atoms with Crippen molar-refractivity contribution in [3.63, 3.8) is 0 Å². The zero-order chi connectivity index (χ0) is 10.1. The van der Waals surface area contributed by atoms with Crippen LogP contribution < -0.4 is 5.32 Å². The first-order chi connectivity index (χ1) is 7.45. The molecular formula is C13H12N2. The third kappa shape index (κ3) is 1.43. The normalized spacial score (nSPS) is 18.8. The minimum absolute atomic E-state index is 0.337. The Balaban J connectivity index is 2.05. The van der Waals surface area contributed by atoms with E-state index in [2.05, 4.69) is 40.6 Å². The molecule has 2 heterocycles. The summed E-state index contributed by atoms with van der Waals surface area (Å²) < 4.78 is 0. The first kappa shape index (κ1) is 8.62. The standard InChI is InChI=1S/C13H12N2/c1-2-4-10(5-3-1)13-12-6-7-14-8-11(12)9-15-13/h1-8,13,15H,9H2. The molecule has 0 spiro atoms. The number of nitrogens with one attached hydrogen (secondary N) is 1. The molecule has 1 aromatic carbocycles. The fraction of sp³-hybridized carbons (Fsp3) is 0.154. The highest BCUT2D eigenvalue weighted by Gasteiger charge is 2.22. The van der Waals surface area contributed by atoms with Crippen molar-refractivity contribution in [2.24, 2.45) is 0 Å². The fourth-order valence-electron chi connectivity index (χ4n) is 2.13. The van der Waals surface area contributed by atoms with Crippen LogP contribution in [-0.2, 0) is 6.54 Å². The lowest BCUT2D eigenvalue weighted by Crippen LogP contribution is -2.12. The third-order valence-corrected chi connectivity index (χ3v) is 2.88. The zero-order valence-corrected chi connectivity index (χ0v) is 8.35. The number of rotatable bonds is 1. The summed E-state index contributed by atoms with van der Waals surface area (Å²) in [7, 11) is 0. The van der Waals surface area contributed by atoms with Crippen LogP contribution in [0.1, 0.15) is 22.7 Å². The van der Waals surface area contributed by atoms with Gasteiger partial charge in [-0.25, -0.2) is 0 Å². The van der Waals surface area contributed by atoms with Gasteiger partial charge in [-0.2, -0.15) is 0 Å². The van der Waals surface area contributed by atoms with E-state index in [1.807, 2.05) is 18.5 Å². The van der Waals surface area contributed by atoms with Gasteiger partial charge < -0.3 is 5.32 Å². The largest absolute Gasteiger partial charge is 0.302 e. The molecule has 1 N–H and O–H groups in total. The van der Waals surface area contributed by atoms with Gasteiger partial charge in [0.15, 0.2) is 0 Å². The Morgan fingerprint density at radius 2 is 2.00 bits per heavy atom. The van der Waals surface area contributed by atoms with Gasteiger partial charge in [-0.3, -0.25) is 4.98 Å². The Labute approximate surface area is 89.0 Å². The van der Waals surface area contributed by atoms with E-state index < -0.39 is 0 Å². The molecule has 1 aliphatic heterocycles. The predicted octanol–water partition coefficient (Wildman–Crippen LogP) is 2.27. The van der Waals surface area contributed by atoms with Crippen molar-refractivity contribution in [2.75, 3.05) is 0 Å². The van der Waals surface area contributed by atoms with E-state index in [1.165, 1.54) is 16.7 Å². The third-order valence-electron chi connectivity index (χ3n) is 2.88. The van der Waals surface area contributed by atoms with Crippen molar-refractivity contribution in [3.8, 4) is 0 Å². The van der Waals surface area contributed by atoms with Crippen molar-refractivity contribution >= 4 is 0 Å². The van der Waals surface area contributed by atoms with Crippen LogP contribution in [0.2, 0.25) is 0 Å². The van der Waals surface area contributed by atoms with Crippen LogP contribution in [0.4, 0.5) is 0 Å². The smallest absolute Gasteiger partial charge is 0.0583 e. The van der Waals surface area contributed by atoms with Crippen LogP contribution in [0.15, 0.2) is 48.8 Å². The fourth-order valence-corrected chi connectivity index (χ4v) is 2.13. The second-order valence-electron chi connectivity index (χ2n) is 3.80. The number of aromatic nitrogens is 1. The Kier molecular flexibility index (Phi) is 2.00. The van der Waals surface area contributed by atoms with E-state index >= 15 is 0 Å². The van der Waals surface area contributed by atoms with Gasteiger partial charge >= 0.3 is 0 Å². The number of hydrogen-bond acceptors (Lipinski definition) is 2. The number of fused-ring (bicyclic) bond motifs is 1. The molecule has 2 heteroatoms. The molecule has 3 rings (SSSR count). The van der Waals surface area contributed by atoms with Crippen molar-refractivity contribution in [1.29, 1.82) is 0 Å². The van der Waals surface area contributed by atoms with E-state index in [0.717, 1.165) is 6.54 Å². The lowest BCUT2D eigenvalue weighted by Gasteiger charge is -2.11. The topological polar surface area (TPSA) is 24.9 Å². The van der Waals surface area contributed by atoms with Crippen LogP contribution in [0.5, 0.6) is 0 Å². The Morgan fingerprint density at radius 3 is 2.87 bits per heavy atom. The molecule has 0 fully saturated rings. The van der Waals surface area contributed by atoms with Gasteiger partial charge in [-0.15, -0.1) is 0 Å². The first-order valence-electron chi connectivity index (χ1n) is 5.16. The molecule has 0 bridgehead atoms.